The van der Waals surface area contributed by atoms with Crippen LogP contribution < -0.4 is 0 Å². The molecule has 2 nitrogen and oxygen atoms in total. The molecule has 5 rings (SSSR count). The van der Waals surface area contributed by atoms with Gasteiger partial charge in [-0.25, -0.2) is 4.39 Å². The molecule has 0 N–H and O–H groups in total. The van der Waals surface area contributed by atoms with Crippen molar-refractivity contribution in [1.82, 2.24) is 0 Å². The second-order valence-electron chi connectivity index (χ2n) is 7.48. The summed E-state index contributed by atoms with van der Waals surface area (Å²) < 4.78 is 20.4. The van der Waals surface area contributed by atoms with Crippen LogP contribution in [0.25, 0.3) is 0 Å². The van der Waals surface area contributed by atoms with Crippen LogP contribution in [0.1, 0.15) is 36.3 Å². The van der Waals surface area contributed by atoms with E-state index in [0.29, 0.717) is 18.3 Å². The van der Waals surface area contributed by atoms with Crippen molar-refractivity contribution in [2.24, 2.45) is 23.7 Å². The second kappa shape index (κ2) is 4.56. The molecule has 0 aliphatic heterocycles. The highest BCUT2D eigenvalue weighted by Gasteiger charge is 2.61. The van der Waals surface area contributed by atoms with E-state index in [1.54, 1.807) is 0 Å². The van der Waals surface area contributed by atoms with Crippen LogP contribution in [-0.2, 0) is 16.0 Å². The van der Waals surface area contributed by atoms with Gasteiger partial charge in [0.05, 0.1) is 5.92 Å². The number of hydrogen-bond donors (Lipinski definition) is 0. The maximum Gasteiger partial charge on any atom is 0.310 e. The van der Waals surface area contributed by atoms with Crippen molar-refractivity contribution >= 4 is 21.9 Å². The molecule has 116 valence electrons. The fourth-order valence-corrected chi connectivity index (χ4v) is 5.59. The van der Waals surface area contributed by atoms with E-state index < -0.39 is 6.17 Å². The molecule has 3 saturated carbocycles. The van der Waals surface area contributed by atoms with Crippen molar-refractivity contribution in [3.63, 3.8) is 0 Å². The Hall–Kier alpha value is -0.900. The predicted octanol–water partition coefficient (Wildman–Crippen LogP) is 4.01. The lowest BCUT2D eigenvalue weighted by atomic mass is 9.96. The standard InChI is InChI=1S/C18H18BrFO2/c19-11-2-1-8-4-13-16(12(8)7-11)17(13)18(21)22-15-6-9-3-10(15)5-14(9)20/h1-2,7,9-10,13-17H,3-6H2. The number of rotatable bonds is 2. The van der Waals surface area contributed by atoms with Crippen LogP contribution in [0.4, 0.5) is 4.39 Å². The average molecular weight is 365 g/mol. The molecule has 1 aromatic carbocycles. The third-order valence-corrected chi connectivity index (χ3v) is 6.83. The highest BCUT2D eigenvalue weighted by Crippen LogP contribution is 2.62. The summed E-state index contributed by atoms with van der Waals surface area (Å²) in [6, 6.07) is 6.38. The number of esters is 1. The lowest BCUT2D eigenvalue weighted by molar-refractivity contribution is -0.154. The highest BCUT2D eigenvalue weighted by atomic mass is 79.9. The zero-order valence-electron chi connectivity index (χ0n) is 12.2. The number of hydrogen-bond acceptors (Lipinski definition) is 2. The summed E-state index contributed by atoms with van der Waals surface area (Å²) >= 11 is 3.51. The van der Waals surface area contributed by atoms with Gasteiger partial charge in [0.1, 0.15) is 12.3 Å². The normalized spacial score (nSPS) is 43.8. The van der Waals surface area contributed by atoms with Crippen LogP contribution in [-0.4, -0.2) is 18.2 Å². The molecule has 0 spiro atoms. The smallest absolute Gasteiger partial charge is 0.310 e. The second-order valence-corrected chi connectivity index (χ2v) is 8.40. The first-order valence-electron chi connectivity index (χ1n) is 8.24. The van der Waals surface area contributed by atoms with Crippen LogP contribution in [0.5, 0.6) is 0 Å². The zero-order chi connectivity index (χ0) is 15.0. The summed E-state index contributed by atoms with van der Waals surface area (Å²) in [5, 5.41) is 0. The minimum Gasteiger partial charge on any atom is -0.462 e. The van der Waals surface area contributed by atoms with Gasteiger partial charge in [-0.2, -0.15) is 0 Å². The van der Waals surface area contributed by atoms with Crippen LogP contribution in [0.3, 0.4) is 0 Å². The SMILES string of the molecule is O=C(OC1CC2CC1CC2F)C1C2Cc3ccc(Br)cc3C21. The Morgan fingerprint density at radius 1 is 1.23 bits per heavy atom. The Balaban J connectivity index is 1.28. The maximum absolute atomic E-state index is 13.5. The van der Waals surface area contributed by atoms with Crippen molar-refractivity contribution in [3.8, 4) is 0 Å². The number of ether oxygens (including phenoxy) is 1. The van der Waals surface area contributed by atoms with Crippen LogP contribution >= 0.6 is 15.9 Å². The fourth-order valence-electron chi connectivity index (χ4n) is 5.21. The first-order valence-corrected chi connectivity index (χ1v) is 9.04. The number of fused-ring (bicyclic) bond motifs is 5. The molecule has 4 heteroatoms. The molecular formula is C18H18BrFO2. The number of alkyl halides is 1. The van der Waals surface area contributed by atoms with Gasteiger partial charge in [0.2, 0.25) is 0 Å². The van der Waals surface area contributed by atoms with E-state index in [-0.39, 0.29) is 29.8 Å². The lowest BCUT2D eigenvalue weighted by Gasteiger charge is -2.24. The number of benzene rings is 1. The quantitative estimate of drug-likeness (QED) is 0.741. The van der Waals surface area contributed by atoms with Crippen LogP contribution in [0.15, 0.2) is 22.7 Å². The summed E-state index contributed by atoms with van der Waals surface area (Å²) in [5.41, 5.74) is 2.69. The molecule has 0 radical (unpaired) electrons. The van der Waals surface area contributed by atoms with Gasteiger partial charge >= 0.3 is 5.97 Å². The van der Waals surface area contributed by atoms with Gasteiger partial charge in [-0.3, -0.25) is 4.79 Å². The van der Waals surface area contributed by atoms with E-state index in [0.717, 1.165) is 23.7 Å². The molecule has 2 bridgehead atoms. The molecule has 1 aromatic rings. The first-order chi connectivity index (χ1) is 10.6. The Labute approximate surface area is 137 Å². The van der Waals surface area contributed by atoms with Gasteiger partial charge in [-0.1, -0.05) is 22.0 Å². The molecule has 4 aliphatic rings. The molecule has 3 fully saturated rings. The van der Waals surface area contributed by atoms with Crippen molar-refractivity contribution < 1.29 is 13.9 Å². The number of halogens is 2. The van der Waals surface area contributed by atoms with E-state index >= 15 is 0 Å². The highest BCUT2D eigenvalue weighted by molar-refractivity contribution is 9.10. The Morgan fingerprint density at radius 3 is 2.82 bits per heavy atom. The third kappa shape index (κ3) is 1.85. The van der Waals surface area contributed by atoms with Crippen molar-refractivity contribution in [2.75, 3.05) is 0 Å². The van der Waals surface area contributed by atoms with Gasteiger partial charge in [0, 0.05) is 10.4 Å². The summed E-state index contributed by atoms with van der Waals surface area (Å²) in [7, 11) is 0. The molecule has 22 heavy (non-hydrogen) atoms. The van der Waals surface area contributed by atoms with Gasteiger partial charge in [-0.05, 0) is 66.7 Å². The van der Waals surface area contributed by atoms with E-state index in [4.69, 9.17) is 4.74 Å². The number of carbonyl (C=O) groups excluding carboxylic acids is 1. The van der Waals surface area contributed by atoms with Crippen molar-refractivity contribution in [1.29, 1.82) is 0 Å². The van der Waals surface area contributed by atoms with E-state index in [1.165, 1.54) is 11.1 Å². The summed E-state index contributed by atoms with van der Waals surface area (Å²) in [6.07, 6.45) is 2.55. The van der Waals surface area contributed by atoms with Crippen molar-refractivity contribution in [3.05, 3.63) is 33.8 Å². The first kappa shape index (κ1) is 13.5. The van der Waals surface area contributed by atoms with E-state index in [9.17, 15) is 9.18 Å². The lowest BCUT2D eigenvalue weighted by Crippen LogP contribution is -2.29. The molecule has 0 amide bonds. The van der Waals surface area contributed by atoms with Gasteiger partial charge in [0.15, 0.2) is 0 Å². The minimum atomic E-state index is -0.663. The maximum atomic E-state index is 13.5. The molecule has 0 aromatic heterocycles. The monoisotopic (exact) mass is 364 g/mol. The molecular weight excluding hydrogens is 347 g/mol. The minimum absolute atomic E-state index is 0.0205. The van der Waals surface area contributed by atoms with Crippen LogP contribution in [0, 0.1) is 23.7 Å². The largest absolute Gasteiger partial charge is 0.462 e. The Kier molecular flexibility index (Phi) is 2.80. The zero-order valence-corrected chi connectivity index (χ0v) is 13.8. The summed E-state index contributed by atoms with van der Waals surface area (Å²) in [6.45, 7) is 0. The number of carbonyl (C=O) groups is 1. The molecule has 4 aliphatic carbocycles. The predicted molar refractivity (Wildman–Crippen MR) is 83.2 cm³/mol. The van der Waals surface area contributed by atoms with E-state index in [2.05, 4.69) is 34.1 Å². The molecule has 0 heterocycles. The van der Waals surface area contributed by atoms with Gasteiger partial charge in [-0.15, -0.1) is 0 Å². The summed E-state index contributed by atoms with van der Waals surface area (Å²) in [4.78, 5) is 12.5. The molecule has 0 saturated heterocycles. The summed E-state index contributed by atoms with van der Waals surface area (Å²) in [5.74, 6) is 1.20. The average Bonchev–Trinajstić information content (AvgIpc) is 2.76. The Morgan fingerprint density at radius 2 is 2.09 bits per heavy atom. The topological polar surface area (TPSA) is 26.3 Å². The van der Waals surface area contributed by atoms with Crippen molar-refractivity contribution in [2.45, 2.75) is 43.9 Å². The van der Waals surface area contributed by atoms with E-state index in [1.807, 2.05) is 0 Å². The van der Waals surface area contributed by atoms with Gasteiger partial charge < -0.3 is 4.74 Å². The van der Waals surface area contributed by atoms with Crippen LogP contribution in [0.2, 0.25) is 0 Å². The third-order valence-electron chi connectivity index (χ3n) is 6.34. The molecule has 7 atom stereocenters. The Bertz CT molecular complexity index is 658. The fraction of sp³-hybridized carbons (Fsp3) is 0.611. The van der Waals surface area contributed by atoms with Gasteiger partial charge in [0.25, 0.3) is 0 Å². The molecule has 7 unspecified atom stereocenters.